The van der Waals surface area contributed by atoms with Crippen LogP contribution >= 0.6 is 0 Å². The molecule has 0 unspecified atom stereocenters. The van der Waals surface area contributed by atoms with Gasteiger partial charge in [-0.2, -0.15) is 0 Å². The number of non-ortho nitro benzene ring substituents is 1. The maximum atomic E-state index is 12.7. The number of nitro benzene ring substituents is 1. The molecule has 0 saturated heterocycles. The lowest BCUT2D eigenvalue weighted by Crippen LogP contribution is -2.31. The summed E-state index contributed by atoms with van der Waals surface area (Å²) in [4.78, 5) is 49.2. The van der Waals surface area contributed by atoms with Gasteiger partial charge in [0.05, 0.1) is 28.8 Å². The molecule has 2 aromatic rings. The van der Waals surface area contributed by atoms with Gasteiger partial charge in [0.25, 0.3) is 23.4 Å². The summed E-state index contributed by atoms with van der Waals surface area (Å²) in [5.74, 6) is -1.26. The van der Waals surface area contributed by atoms with Gasteiger partial charge >= 0.3 is 0 Å². The molecule has 3 amide bonds. The van der Waals surface area contributed by atoms with Crippen molar-refractivity contribution < 1.29 is 28.8 Å². The van der Waals surface area contributed by atoms with Gasteiger partial charge in [-0.3, -0.25) is 29.4 Å². The molecule has 1 heterocycles. The van der Waals surface area contributed by atoms with Crippen molar-refractivity contribution >= 4 is 29.1 Å². The fourth-order valence-electron chi connectivity index (χ4n) is 3.10. The number of benzene rings is 2. The van der Waals surface area contributed by atoms with E-state index in [0.717, 1.165) is 4.90 Å². The van der Waals surface area contributed by atoms with E-state index in [1.807, 2.05) is 0 Å². The molecular formula is C20H19N3O7. The molecule has 10 nitrogen and oxygen atoms in total. The third kappa shape index (κ3) is 3.98. The third-order valence-electron chi connectivity index (χ3n) is 4.61. The van der Waals surface area contributed by atoms with Crippen LogP contribution in [0.2, 0.25) is 0 Å². The third-order valence-corrected chi connectivity index (χ3v) is 4.61. The highest BCUT2D eigenvalue weighted by Crippen LogP contribution is 2.30. The van der Waals surface area contributed by atoms with Crippen molar-refractivity contribution in [1.82, 2.24) is 4.90 Å². The van der Waals surface area contributed by atoms with Crippen molar-refractivity contribution in [2.75, 3.05) is 32.7 Å². The van der Waals surface area contributed by atoms with E-state index >= 15 is 0 Å². The smallest absolute Gasteiger partial charge is 0.271 e. The molecule has 156 valence electrons. The first kappa shape index (κ1) is 20.9. The molecule has 3 rings (SSSR count). The normalized spacial score (nSPS) is 12.7. The molecule has 0 atom stereocenters. The van der Waals surface area contributed by atoms with E-state index in [9.17, 15) is 24.5 Å². The second kappa shape index (κ2) is 8.70. The minimum absolute atomic E-state index is 0.112. The van der Waals surface area contributed by atoms with Gasteiger partial charge in [0.2, 0.25) is 0 Å². The molecule has 0 spiro atoms. The second-order valence-electron chi connectivity index (χ2n) is 6.46. The summed E-state index contributed by atoms with van der Waals surface area (Å²) in [6, 6.07) is 7.98. The number of carbonyl (C=O) groups excluding carboxylic acids is 3. The van der Waals surface area contributed by atoms with E-state index < -0.39 is 22.6 Å². The van der Waals surface area contributed by atoms with Gasteiger partial charge in [-0.25, -0.2) is 0 Å². The van der Waals surface area contributed by atoms with Crippen molar-refractivity contribution in [2.24, 2.45) is 0 Å². The van der Waals surface area contributed by atoms with Gasteiger partial charge in [0.1, 0.15) is 5.75 Å². The van der Waals surface area contributed by atoms with Gasteiger partial charge < -0.3 is 14.8 Å². The maximum Gasteiger partial charge on any atom is 0.271 e. The number of hydrogen-bond acceptors (Lipinski definition) is 7. The largest absolute Gasteiger partial charge is 0.495 e. The van der Waals surface area contributed by atoms with E-state index in [1.54, 1.807) is 0 Å². The number of fused-ring (bicyclic) bond motifs is 1. The Morgan fingerprint density at radius 3 is 2.50 bits per heavy atom. The summed E-state index contributed by atoms with van der Waals surface area (Å²) in [6.45, 7) is 0.624. The lowest BCUT2D eigenvalue weighted by molar-refractivity contribution is -0.384. The predicted octanol–water partition coefficient (Wildman–Crippen LogP) is 2.49. The van der Waals surface area contributed by atoms with Gasteiger partial charge in [-0.05, 0) is 30.7 Å². The van der Waals surface area contributed by atoms with Crippen LogP contribution in [0.25, 0.3) is 0 Å². The average molecular weight is 413 g/mol. The molecular weight excluding hydrogens is 394 g/mol. The highest BCUT2D eigenvalue weighted by Gasteiger charge is 2.35. The Hall–Kier alpha value is -3.79. The molecule has 1 aliphatic heterocycles. The molecule has 0 aromatic heterocycles. The predicted molar refractivity (Wildman–Crippen MR) is 106 cm³/mol. The van der Waals surface area contributed by atoms with Crippen LogP contribution in [-0.2, 0) is 4.74 Å². The first-order valence-corrected chi connectivity index (χ1v) is 9.00. The van der Waals surface area contributed by atoms with Gasteiger partial charge in [-0.15, -0.1) is 0 Å². The summed E-state index contributed by atoms with van der Waals surface area (Å²) in [6.07, 6.45) is 0.502. The van der Waals surface area contributed by atoms with Crippen LogP contribution in [0, 0.1) is 10.1 Å². The van der Waals surface area contributed by atoms with Crippen LogP contribution in [-0.4, -0.2) is 54.9 Å². The van der Waals surface area contributed by atoms with Crippen molar-refractivity contribution in [1.29, 1.82) is 0 Å². The van der Waals surface area contributed by atoms with Gasteiger partial charge in [0.15, 0.2) is 0 Å². The van der Waals surface area contributed by atoms with Crippen LogP contribution in [0.4, 0.5) is 11.4 Å². The number of nitrogens with zero attached hydrogens (tertiary/aromatic N) is 2. The summed E-state index contributed by atoms with van der Waals surface area (Å²) >= 11 is 0. The number of amides is 3. The number of imide groups is 1. The van der Waals surface area contributed by atoms with Crippen LogP contribution < -0.4 is 10.1 Å². The number of hydrogen-bond donors (Lipinski definition) is 1. The minimum Gasteiger partial charge on any atom is -0.495 e. The monoisotopic (exact) mass is 413 g/mol. The lowest BCUT2D eigenvalue weighted by atomic mass is 10.1. The number of nitrogens with one attached hydrogen (secondary N) is 1. The number of methoxy groups -OCH3 is 2. The van der Waals surface area contributed by atoms with Crippen molar-refractivity contribution in [3.63, 3.8) is 0 Å². The fraction of sp³-hybridized carbons (Fsp3) is 0.250. The Balaban J connectivity index is 1.84. The average Bonchev–Trinajstić information content (AvgIpc) is 2.98. The number of carbonyl (C=O) groups is 3. The highest BCUT2D eigenvalue weighted by molar-refractivity contribution is 6.22. The van der Waals surface area contributed by atoms with E-state index in [4.69, 9.17) is 9.47 Å². The Labute approximate surface area is 171 Å². The first-order valence-electron chi connectivity index (χ1n) is 9.00. The molecule has 0 bridgehead atoms. The van der Waals surface area contributed by atoms with Crippen LogP contribution in [0.1, 0.15) is 37.5 Å². The van der Waals surface area contributed by atoms with E-state index in [1.165, 1.54) is 50.6 Å². The molecule has 0 saturated carbocycles. The number of ether oxygens (including phenoxy) is 2. The zero-order valence-corrected chi connectivity index (χ0v) is 16.3. The first-order chi connectivity index (χ1) is 14.4. The molecule has 0 radical (unpaired) electrons. The SMILES string of the molecule is COCCCN1C(=O)c2ccc(C(=O)Nc3cc([N+](=O)[O-])ccc3OC)cc2C1=O. The summed E-state index contributed by atoms with van der Waals surface area (Å²) in [5.41, 5.74) is 0.383. The van der Waals surface area contributed by atoms with Crippen molar-refractivity contribution in [2.45, 2.75) is 6.42 Å². The Morgan fingerprint density at radius 1 is 1.10 bits per heavy atom. The molecule has 0 fully saturated rings. The van der Waals surface area contributed by atoms with E-state index in [2.05, 4.69) is 5.32 Å². The Kier molecular flexibility index (Phi) is 6.07. The van der Waals surface area contributed by atoms with E-state index in [0.29, 0.717) is 13.0 Å². The molecule has 1 aliphatic rings. The minimum atomic E-state index is -0.602. The van der Waals surface area contributed by atoms with E-state index in [-0.39, 0.29) is 40.4 Å². The fourth-order valence-corrected chi connectivity index (χ4v) is 3.10. The van der Waals surface area contributed by atoms with Gasteiger partial charge in [-0.1, -0.05) is 0 Å². The van der Waals surface area contributed by atoms with Crippen LogP contribution in [0.15, 0.2) is 36.4 Å². The van der Waals surface area contributed by atoms with Crippen molar-refractivity contribution in [3.8, 4) is 5.75 Å². The van der Waals surface area contributed by atoms with Crippen molar-refractivity contribution in [3.05, 3.63) is 63.2 Å². The summed E-state index contributed by atoms with van der Waals surface area (Å²) < 4.78 is 10.1. The van der Waals surface area contributed by atoms with Crippen LogP contribution in [0.5, 0.6) is 5.75 Å². The zero-order valence-electron chi connectivity index (χ0n) is 16.3. The zero-order chi connectivity index (χ0) is 21.8. The molecule has 10 heteroatoms. The Bertz CT molecular complexity index is 1040. The number of nitro groups is 1. The summed E-state index contributed by atoms with van der Waals surface area (Å²) in [5, 5.41) is 13.5. The Morgan fingerprint density at radius 2 is 1.83 bits per heavy atom. The molecule has 0 aliphatic carbocycles. The van der Waals surface area contributed by atoms with Gasteiger partial charge in [0, 0.05) is 38.0 Å². The molecule has 2 aromatic carbocycles. The highest BCUT2D eigenvalue weighted by atomic mass is 16.6. The van der Waals surface area contributed by atoms with Crippen LogP contribution in [0.3, 0.4) is 0 Å². The maximum absolute atomic E-state index is 12.7. The molecule has 1 N–H and O–H groups in total. The standard InChI is InChI=1S/C20H19N3O7/c1-29-9-3-8-22-19(25)14-6-4-12(10-15(14)20(22)26)18(24)21-16-11-13(23(27)28)5-7-17(16)30-2/h4-7,10-11H,3,8-9H2,1-2H3,(H,21,24). The summed E-state index contributed by atoms with van der Waals surface area (Å²) in [7, 11) is 2.90. The number of anilines is 1. The second-order valence-corrected chi connectivity index (χ2v) is 6.46. The molecule has 30 heavy (non-hydrogen) atoms. The quantitative estimate of drug-likeness (QED) is 0.305. The number of rotatable bonds is 8. The topological polar surface area (TPSA) is 128 Å². The lowest BCUT2D eigenvalue weighted by Gasteiger charge is -2.12.